The number of hydrogen-bond donors (Lipinski definition) is 2. The van der Waals surface area contributed by atoms with Crippen LogP contribution in [-0.4, -0.2) is 17.6 Å². The van der Waals surface area contributed by atoms with Gasteiger partial charge < -0.3 is 10.8 Å². The van der Waals surface area contributed by atoms with Crippen LogP contribution in [0, 0.1) is 5.92 Å². The van der Waals surface area contributed by atoms with Crippen molar-refractivity contribution in [3.8, 4) is 0 Å². The highest BCUT2D eigenvalue weighted by Crippen LogP contribution is 2.10. The SMILES string of the molecule is CCC(CN)CCCC(=O)O. The zero-order valence-corrected chi connectivity index (χ0v) is 7.05. The molecule has 0 saturated carbocycles. The van der Waals surface area contributed by atoms with E-state index in [0.29, 0.717) is 12.5 Å². The molecule has 3 N–H and O–H groups in total. The average molecular weight is 159 g/mol. The fraction of sp³-hybridized carbons (Fsp3) is 0.875. The molecule has 11 heavy (non-hydrogen) atoms. The molecule has 3 heteroatoms. The van der Waals surface area contributed by atoms with E-state index in [0.717, 1.165) is 19.3 Å². The first kappa shape index (κ1) is 10.4. The van der Waals surface area contributed by atoms with Crippen LogP contribution in [0.4, 0.5) is 0 Å². The number of hydrogen-bond acceptors (Lipinski definition) is 2. The number of carbonyl (C=O) groups is 1. The van der Waals surface area contributed by atoms with Gasteiger partial charge in [-0.05, 0) is 25.3 Å². The van der Waals surface area contributed by atoms with E-state index in [2.05, 4.69) is 6.92 Å². The Bertz CT molecular complexity index is 111. The van der Waals surface area contributed by atoms with E-state index in [1.165, 1.54) is 0 Å². The van der Waals surface area contributed by atoms with Gasteiger partial charge in [0, 0.05) is 6.42 Å². The van der Waals surface area contributed by atoms with Crippen molar-refractivity contribution in [2.45, 2.75) is 32.6 Å². The average Bonchev–Trinajstić information content (AvgIpc) is 1.98. The van der Waals surface area contributed by atoms with E-state index in [-0.39, 0.29) is 6.42 Å². The van der Waals surface area contributed by atoms with Gasteiger partial charge in [0.15, 0.2) is 0 Å². The van der Waals surface area contributed by atoms with Crippen LogP contribution in [0.3, 0.4) is 0 Å². The van der Waals surface area contributed by atoms with Crippen LogP contribution in [0.5, 0.6) is 0 Å². The van der Waals surface area contributed by atoms with E-state index < -0.39 is 5.97 Å². The van der Waals surface area contributed by atoms with Crippen molar-refractivity contribution in [1.82, 2.24) is 0 Å². The molecule has 0 aliphatic rings. The van der Waals surface area contributed by atoms with Gasteiger partial charge in [-0.25, -0.2) is 0 Å². The third-order valence-electron chi connectivity index (χ3n) is 1.91. The minimum atomic E-state index is -0.711. The zero-order valence-electron chi connectivity index (χ0n) is 7.05. The summed E-state index contributed by atoms with van der Waals surface area (Å²) >= 11 is 0. The summed E-state index contributed by atoms with van der Waals surface area (Å²) in [6.07, 6.45) is 3.02. The summed E-state index contributed by atoms with van der Waals surface area (Å²) < 4.78 is 0. The first-order valence-corrected chi connectivity index (χ1v) is 4.12. The molecule has 1 unspecified atom stereocenters. The lowest BCUT2D eigenvalue weighted by atomic mass is 10.00. The van der Waals surface area contributed by atoms with Crippen molar-refractivity contribution < 1.29 is 9.90 Å². The molecule has 3 nitrogen and oxygen atoms in total. The van der Waals surface area contributed by atoms with Crippen LogP contribution < -0.4 is 5.73 Å². The monoisotopic (exact) mass is 159 g/mol. The second kappa shape index (κ2) is 6.16. The largest absolute Gasteiger partial charge is 0.481 e. The standard InChI is InChI=1S/C8H17NO2/c1-2-7(6-9)4-3-5-8(10)11/h7H,2-6,9H2,1H3,(H,10,11). The van der Waals surface area contributed by atoms with E-state index in [4.69, 9.17) is 10.8 Å². The minimum absolute atomic E-state index is 0.274. The number of aliphatic carboxylic acids is 1. The lowest BCUT2D eigenvalue weighted by Gasteiger charge is -2.09. The molecule has 0 aliphatic heterocycles. The predicted octanol–water partition coefficient (Wildman–Crippen LogP) is 1.23. The Morgan fingerprint density at radius 2 is 2.27 bits per heavy atom. The molecule has 66 valence electrons. The molecule has 0 aromatic carbocycles. The number of rotatable bonds is 6. The molecule has 0 radical (unpaired) electrons. The van der Waals surface area contributed by atoms with Crippen LogP contribution in [0.25, 0.3) is 0 Å². The van der Waals surface area contributed by atoms with Crippen molar-refractivity contribution in [3.05, 3.63) is 0 Å². The molecule has 0 bridgehead atoms. The summed E-state index contributed by atoms with van der Waals surface area (Å²) in [5.41, 5.74) is 5.45. The summed E-state index contributed by atoms with van der Waals surface area (Å²) in [6.45, 7) is 2.76. The lowest BCUT2D eigenvalue weighted by Crippen LogP contribution is -2.13. The number of carboxylic acid groups (broad SMARTS) is 1. The van der Waals surface area contributed by atoms with Crippen molar-refractivity contribution >= 4 is 5.97 Å². The fourth-order valence-corrected chi connectivity index (χ4v) is 1.03. The number of nitrogens with two attached hydrogens (primary N) is 1. The molecule has 0 aromatic heterocycles. The van der Waals surface area contributed by atoms with Crippen LogP contribution >= 0.6 is 0 Å². The molecule has 0 heterocycles. The predicted molar refractivity (Wildman–Crippen MR) is 44.3 cm³/mol. The van der Waals surface area contributed by atoms with Gasteiger partial charge in [-0.2, -0.15) is 0 Å². The van der Waals surface area contributed by atoms with Crippen molar-refractivity contribution in [1.29, 1.82) is 0 Å². The highest BCUT2D eigenvalue weighted by atomic mass is 16.4. The van der Waals surface area contributed by atoms with E-state index >= 15 is 0 Å². The van der Waals surface area contributed by atoms with Gasteiger partial charge in [-0.15, -0.1) is 0 Å². The summed E-state index contributed by atoms with van der Waals surface area (Å²) in [5, 5.41) is 8.34. The van der Waals surface area contributed by atoms with Gasteiger partial charge in [-0.1, -0.05) is 13.3 Å². The maximum Gasteiger partial charge on any atom is 0.303 e. The topological polar surface area (TPSA) is 63.3 Å². The van der Waals surface area contributed by atoms with Crippen molar-refractivity contribution in [3.63, 3.8) is 0 Å². The van der Waals surface area contributed by atoms with Crippen LogP contribution in [0.2, 0.25) is 0 Å². The van der Waals surface area contributed by atoms with Crippen LogP contribution in [0.15, 0.2) is 0 Å². The maximum absolute atomic E-state index is 10.1. The van der Waals surface area contributed by atoms with Gasteiger partial charge in [0.05, 0.1) is 0 Å². The van der Waals surface area contributed by atoms with Gasteiger partial charge in [-0.3, -0.25) is 4.79 Å². The lowest BCUT2D eigenvalue weighted by molar-refractivity contribution is -0.137. The molecular formula is C8H17NO2. The fourth-order valence-electron chi connectivity index (χ4n) is 1.03. The first-order valence-electron chi connectivity index (χ1n) is 4.12. The van der Waals surface area contributed by atoms with Crippen LogP contribution in [0.1, 0.15) is 32.6 Å². The van der Waals surface area contributed by atoms with Crippen molar-refractivity contribution in [2.75, 3.05) is 6.54 Å². The second-order valence-corrected chi connectivity index (χ2v) is 2.80. The summed E-state index contributed by atoms with van der Waals surface area (Å²) in [7, 11) is 0. The minimum Gasteiger partial charge on any atom is -0.481 e. The summed E-state index contributed by atoms with van der Waals surface area (Å²) in [6, 6.07) is 0. The molecule has 0 rings (SSSR count). The maximum atomic E-state index is 10.1. The molecule has 1 atom stereocenters. The Balaban J connectivity index is 3.28. The Labute approximate surface area is 67.6 Å². The quantitative estimate of drug-likeness (QED) is 0.612. The molecule has 0 saturated heterocycles. The summed E-state index contributed by atoms with van der Waals surface area (Å²) in [4.78, 5) is 10.1. The zero-order chi connectivity index (χ0) is 8.69. The van der Waals surface area contributed by atoms with Gasteiger partial charge >= 0.3 is 5.97 Å². The highest BCUT2D eigenvalue weighted by Gasteiger charge is 2.04. The summed E-state index contributed by atoms with van der Waals surface area (Å²) in [5.74, 6) is -0.203. The number of carboxylic acids is 1. The third-order valence-corrected chi connectivity index (χ3v) is 1.91. The molecular weight excluding hydrogens is 142 g/mol. The van der Waals surface area contributed by atoms with Gasteiger partial charge in [0.1, 0.15) is 0 Å². The Morgan fingerprint density at radius 3 is 2.64 bits per heavy atom. The molecule has 0 amide bonds. The van der Waals surface area contributed by atoms with E-state index in [9.17, 15) is 4.79 Å². The van der Waals surface area contributed by atoms with E-state index in [1.807, 2.05) is 0 Å². The normalized spacial score (nSPS) is 12.9. The molecule has 0 fully saturated rings. The van der Waals surface area contributed by atoms with Crippen LogP contribution in [-0.2, 0) is 4.79 Å². The molecule has 0 aliphatic carbocycles. The molecule has 0 aromatic rings. The Hall–Kier alpha value is -0.570. The second-order valence-electron chi connectivity index (χ2n) is 2.80. The Kier molecular flexibility index (Phi) is 5.84. The van der Waals surface area contributed by atoms with Gasteiger partial charge in [0.25, 0.3) is 0 Å². The Morgan fingerprint density at radius 1 is 1.64 bits per heavy atom. The van der Waals surface area contributed by atoms with Crippen molar-refractivity contribution in [2.24, 2.45) is 11.7 Å². The smallest absolute Gasteiger partial charge is 0.303 e. The first-order chi connectivity index (χ1) is 5.20. The van der Waals surface area contributed by atoms with E-state index in [1.54, 1.807) is 0 Å². The third kappa shape index (κ3) is 5.85. The molecule has 0 spiro atoms. The highest BCUT2D eigenvalue weighted by molar-refractivity contribution is 5.66. The van der Waals surface area contributed by atoms with Gasteiger partial charge in [0.2, 0.25) is 0 Å².